The van der Waals surface area contributed by atoms with E-state index in [0.29, 0.717) is 71.7 Å². The predicted molar refractivity (Wildman–Crippen MR) is 290 cm³/mol. The number of ketones is 1. The van der Waals surface area contributed by atoms with Crippen LogP contribution in [-0.2, 0) is 30.7 Å². The molecule has 2 unspecified atom stereocenters. The maximum absolute atomic E-state index is 17.7. The molecule has 6 aromatic carbocycles. The molecule has 11 nitrogen and oxygen atoms in total. The number of fused-ring (bicyclic) bond motifs is 4. The van der Waals surface area contributed by atoms with E-state index < -0.39 is 12.1 Å². The Balaban J connectivity index is 1.22. The minimum absolute atomic E-state index is 0.143. The molecule has 0 radical (unpaired) electrons. The number of nitrogens with zero attached hydrogens (tertiary/aromatic N) is 6. The topological polar surface area (TPSA) is 92.7 Å². The second-order valence-corrected chi connectivity index (χ2v) is 18.9. The van der Waals surface area contributed by atoms with E-state index in [-0.39, 0.29) is 5.78 Å². The van der Waals surface area contributed by atoms with Crippen LogP contribution in [0.4, 0.5) is 22.7 Å². The van der Waals surface area contributed by atoms with Crippen molar-refractivity contribution in [3.05, 3.63) is 238 Å². The van der Waals surface area contributed by atoms with Gasteiger partial charge in [-0.15, -0.1) is 0 Å². The monoisotopic (exact) mass is 976 g/mol. The molecule has 2 atom stereocenters. The Kier molecular flexibility index (Phi) is 12.3. The first-order valence-corrected chi connectivity index (χ1v) is 25.2. The minimum atomic E-state index is -0.533. The van der Waals surface area contributed by atoms with E-state index in [4.69, 9.17) is 28.9 Å². The van der Waals surface area contributed by atoms with E-state index in [0.717, 1.165) is 58.1 Å². The van der Waals surface area contributed by atoms with Gasteiger partial charge < -0.3 is 38.5 Å². The largest absolute Gasteiger partial charge is 0.495 e. The van der Waals surface area contributed by atoms with Crippen LogP contribution in [0.1, 0.15) is 56.6 Å². The fraction of sp³-hybridized carbons (Fsp3) is 0.190. The fourth-order valence-electron chi connectivity index (χ4n) is 11.7. The summed E-state index contributed by atoms with van der Waals surface area (Å²) in [4.78, 5) is 37.1. The third kappa shape index (κ3) is 7.96. The van der Waals surface area contributed by atoms with Crippen LogP contribution in [0.3, 0.4) is 0 Å². The molecule has 2 aromatic heterocycles. The maximum atomic E-state index is 17.7. The van der Waals surface area contributed by atoms with Crippen LogP contribution >= 0.6 is 0 Å². The summed E-state index contributed by atoms with van der Waals surface area (Å²) in [6, 6.07) is 57.4. The van der Waals surface area contributed by atoms with Gasteiger partial charge >= 0.3 is 0 Å². The molecule has 0 bridgehead atoms. The minimum Gasteiger partial charge on any atom is -0.495 e. The van der Waals surface area contributed by atoms with Crippen molar-refractivity contribution in [3.63, 3.8) is 0 Å². The molecular weight excluding hydrogens is 921 g/mol. The zero-order chi connectivity index (χ0) is 50.3. The van der Waals surface area contributed by atoms with Gasteiger partial charge in [-0.05, 0) is 70.5 Å². The highest BCUT2D eigenvalue weighted by Gasteiger charge is 2.47. The van der Waals surface area contributed by atoms with E-state index in [9.17, 15) is 0 Å². The molecule has 0 aliphatic carbocycles. The summed E-state index contributed by atoms with van der Waals surface area (Å²) < 4.78 is 24.3. The molecule has 0 fully saturated rings. The molecule has 74 heavy (non-hydrogen) atoms. The average Bonchev–Trinajstić information content (AvgIpc) is 3.48. The highest BCUT2D eigenvalue weighted by molar-refractivity contribution is 6.45. The van der Waals surface area contributed by atoms with Crippen LogP contribution in [0, 0.1) is 0 Å². The number of rotatable bonds is 12. The highest BCUT2D eigenvalue weighted by atomic mass is 16.5. The van der Waals surface area contributed by atoms with E-state index >= 15 is 4.79 Å². The number of benzene rings is 6. The summed E-state index contributed by atoms with van der Waals surface area (Å²) in [5, 5.41) is 0. The van der Waals surface area contributed by atoms with E-state index in [1.54, 1.807) is 28.4 Å². The average molecular weight is 977 g/mol. The van der Waals surface area contributed by atoms with Gasteiger partial charge in [0, 0.05) is 61.8 Å². The van der Waals surface area contributed by atoms with E-state index in [2.05, 4.69) is 129 Å². The van der Waals surface area contributed by atoms with Crippen LogP contribution in [0.15, 0.2) is 194 Å². The van der Waals surface area contributed by atoms with Crippen molar-refractivity contribution in [2.45, 2.75) is 38.0 Å². The number of ether oxygens (including phenoxy) is 4. The van der Waals surface area contributed by atoms with Crippen LogP contribution in [-0.4, -0.2) is 67.1 Å². The Labute approximate surface area is 432 Å². The molecule has 12 rings (SSSR count). The number of hydrogen-bond acceptors (Lipinski definition) is 11. The molecule has 8 aromatic rings. The number of pyridine rings is 2. The highest BCUT2D eigenvalue weighted by Crippen LogP contribution is 2.58. The molecule has 0 saturated heterocycles. The summed E-state index contributed by atoms with van der Waals surface area (Å²) in [7, 11) is 6.66. The number of anilines is 4. The van der Waals surface area contributed by atoms with Crippen LogP contribution in [0.25, 0.3) is 11.1 Å². The summed E-state index contributed by atoms with van der Waals surface area (Å²) in [5.41, 5.74) is 14.4. The lowest BCUT2D eigenvalue weighted by Gasteiger charge is -2.48. The van der Waals surface area contributed by atoms with Gasteiger partial charge in [0.05, 0.1) is 73.7 Å². The first kappa shape index (κ1) is 46.3. The summed E-state index contributed by atoms with van der Waals surface area (Å²) in [6.45, 7) is 2.51. The summed E-state index contributed by atoms with van der Waals surface area (Å²) >= 11 is 0. The van der Waals surface area contributed by atoms with Gasteiger partial charge in [0.1, 0.15) is 23.6 Å². The lowest BCUT2D eigenvalue weighted by atomic mass is 9.79. The van der Waals surface area contributed by atoms with Gasteiger partial charge in [0.15, 0.2) is 5.78 Å². The van der Waals surface area contributed by atoms with Crippen molar-refractivity contribution in [2.24, 2.45) is 0 Å². The molecule has 4 aliphatic heterocycles. The van der Waals surface area contributed by atoms with Gasteiger partial charge in [-0.2, -0.15) is 0 Å². The summed E-state index contributed by atoms with van der Waals surface area (Å²) in [5.74, 6) is 2.06. The van der Waals surface area contributed by atoms with Crippen molar-refractivity contribution in [1.82, 2.24) is 19.8 Å². The SMILES string of the molecule is COc1cc2c(cn1)C(C(=O)C1=C(N3CCc4ccccc4C3)C(c3ccccc3)N(c3ccccc3OC)c3cc(OC)ncc31)=C(N1CCc3ccccc3C1)C(c1ccccc1)N2c1ccccc1OC. The van der Waals surface area contributed by atoms with Gasteiger partial charge in [-0.3, -0.25) is 4.79 Å². The number of carbonyl (C=O) groups excluding carboxylic acids is 1. The number of hydrogen-bond donors (Lipinski definition) is 0. The zero-order valence-electron chi connectivity index (χ0n) is 41.9. The van der Waals surface area contributed by atoms with Gasteiger partial charge in [0.25, 0.3) is 0 Å². The van der Waals surface area contributed by atoms with Crippen molar-refractivity contribution >= 4 is 39.7 Å². The van der Waals surface area contributed by atoms with Crippen molar-refractivity contribution in [1.29, 1.82) is 0 Å². The molecule has 11 heteroatoms. The second kappa shape index (κ2) is 19.6. The normalized spacial score (nSPS) is 17.0. The van der Waals surface area contributed by atoms with Crippen molar-refractivity contribution in [3.8, 4) is 23.3 Å². The van der Waals surface area contributed by atoms with Crippen LogP contribution < -0.4 is 28.7 Å². The van der Waals surface area contributed by atoms with E-state index in [1.807, 2.05) is 73.1 Å². The maximum Gasteiger partial charge on any atom is 0.215 e. The van der Waals surface area contributed by atoms with Crippen LogP contribution in [0.2, 0.25) is 0 Å². The smallest absolute Gasteiger partial charge is 0.215 e. The number of allylic oxidation sites excluding steroid dienone is 2. The quantitative estimate of drug-likeness (QED) is 0.117. The number of para-hydroxylation sites is 4. The Morgan fingerprint density at radius 1 is 0.446 bits per heavy atom. The number of aromatic nitrogens is 2. The Hall–Kier alpha value is -8.83. The Morgan fingerprint density at radius 2 is 0.824 bits per heavy atom. The Bertz CT molecular complexity index is 3260. The standard InChI is InChI=1S/C63H56N6O5/c1-71-53-29-17-15-27-49(53)68-51-35-55(73-3)64-37-47(51)57(61(59(68)43-21-7-5-8-22-43)66-33-31-41-19-11-13-25-45(41)39-66)63(70)58-48-38-65-56(74-4)36-52(48)69(50-28-16-18-30-54(50)72-2)60(44-23-9-6-10-24-44)62(58)67-34-32-42-20-12-14-26-46(42)40-67/h5-30,35-38,59-60H,31-34,39-40H2,1-4H3. The van der Waals surface area contributed by atoms with Crippen molar-refractivity contribution < 1.29 is 23.7 Å². The molecule has 0 spiro atoms. The van der Waals surface area contributed by atoms with Crippen molar-refractivity contribution in [2.75, 3.05) is 51.3 Å². The zero-order valence-corrected chi connectivity index (χ0v) is 41.9. The molecule has 0 N–H and O–H groups in total. The first-order valence-electron chi connectivity index (χ1n) is 25.2. The number of carbonyl (C=O) groups is 1. The van der Waals surface area contributed by atoms with Gasteiger partial charge in [-0.1, -0.05) is 133 Å². The lowest BCUT2D eigenvalue weighted by molar-refractivity contribution is -0.109. The molecule has 6 heterocycles. The lowest BCUT2D eigenvalue weighted by Crippen LogP contribution is -2.43. The van der Waals surface area contributed by atoms with Crippen LogP contribution in [0.5, 0.6) is 23.3 Å². The third-order valence-corrected chi connectivity index (χ3v) is 15.1. The number of methoxy groups -OCH3 is 4. The van der Waals surface area contributed by atoms with Gasteiger partial charge in [-0.25, -0.2) is 9.97 Å². The third-order valence-electron chi connectivity index (χ3n) is 15.1. The first-order chi connectivity index (χ1) is 36.5. The second-order valence-electron chi connectivity index (χ2n) is 18.9. The Morgan fingerprint density at radius 3 is 1.23 bits per heavy atom. The molecule has 0 amide bonds. The molecule has 4 aliphatic rings. The molecule has 0 saturated carbocycles. The molecular formula is C63H56N6O5. The fourth-order valence-corrected chi connectivity index (χ4v) is 11.7. The van der Waals surface area contributed by atoms with Gasteiger partial charge in [0.2, 0.25) is 11.8 Å². The van der Waals surface area contributed by atoms with E-state index in [1.165, 1.54) is 22.3 Å². The summed E-state index contributed by atoms with van der Waals surface area (Å²) in [6.07, 6.45) is 5.24. The molecule has 368 valence electrons. The number of Topliss-reactive ketones (excluding diaryl/α,β-unsaturated/α-hetero) is 1. The predicted octanol–water partition coefficient (Wildman–Crippen LogP) is 12.1.